The Labute approximate surface area is 126 Å². The molecule has 3 atom stereocenters. The lowest BCUT2D eigenvalue weighted by atomic mass is 9.89. The summed E-state index contributed by atoms with van der Waals surface area (Å²) < 4.78 is 26.9. The van der Waals surface area contributed by atoms with Crippen LogP contribution in [0, 0.1) is 17.8 Å². The Morgan fingerprint density at radius 2 is 2.19 bits per heavy atom. The second-order valence-corrected chi connectivity index (χ2v) is 8.29. The van der Waals surface area contributed by atoms with Crippen molar-refractivity contribution in [1.29, 1.82) is 0 Å². The number of rotatable bonds is 5. The van der Waals surface area contributed by atoms with Crippen LogP contribution in [-0.2, 0) is 10.0 Å². The van der Waals surface area contributed by atoms with E-state index in [0.29, 0.717) is 18.2 Å². The maximum absolute atomic E-state index is 12.7. The van der Waals surface area contributed by atoms with E-state index < -0.39 is 10.0 Å². The van der Waals surface area contributed by atoms with Gasteiger partial charge in [0, 0.05) is 26.8 Å². The number of fused-ring (bicyclic) bond motifs is 2. The Kier molecular flexibility index (Phi) is 3.92. The predicted molar refractivity (Wildman–Crippen MR) is 82.5 cm³/mol. The first-order valence-corrected chi connectivity index (χ1v) is 9.05. The molecule has 0 spiro atoms. The Balaban J connectivity index is 1.78. The molecule has 0 aromatic carbocycles. The zero-order valence-electron chi connectivity index (χ0n) is 12.6. The lowest BCUT2D eigenvalue weighted by molar-refractivity contribution is 0.280. The molecule has 0 saturated heterocycles. The third kappa shape index (κ3) is 2.66. The highest BCUT2D eigenvalue weighted by atomic mass is 32.2. The summed E-state index contributed by atoms with van der Waals surface area (Å²) in [6.45, 7) is 0.614. The average Bonchev–Trinajstić information content (AvgIpc) is 3.09. The first-order valence-electron chi connectivity index (χ1n) is 7.61. The molecule has 2 aliphatic rings. The van der Waals surface area contributed by atoms with Gasteiger partial charge in [0.2, 0.25) is 0 Å². The van der Waals surface area contributed by atoms with Gasteiger partial charge in [-0.2, -0.15) is 4.31 Å². The number of aromatic nitrogens is 1. The van der Waals surface area contributed by atoms with Crippen LogP contribution < -0.4 is 5.32 Å². The molecule has 2 saturated carbocycles. The van der Waals surface area contributed by atoms with E-state index in [9.17, 15) is 8.42 Å². The molecule has 2 aliphatic carbocycles. The van der Waals surface area contributed by atoms with E-state index in [2.05, 4.69) is 10.3 Å². The van der Waals surface area contributed by atoms with Crippen molar-refractivity contribution >= 4 is 15.7 Å². The van der Waals surface area contributed by atoms with Gasteiger partial charge in [-0.15, -0.1) is 0 Å². The fourth-order valence-electron chi connectivity index (χ4n) is 3.96. The molecule has 1 aromatic heterocycles. The van der Waals surface area contributed by atoms with Gasteiger partial charge in [-0.3, -0.25) is 0 Å². The normalized spacial score (nSPS) is 28.2. The van der Waals surface area contributed by atoms with Crippen molar-refractivity contribution in [3.63, 3.8) is 0 Å². The highest BCUT2D eigenvalue weighted by molar-refractivity contribution is 7.89. The molecule has 5 nitrogen and oxygen atoms in total. The molecular weight excluding hydrogens is 286 g/mol. The lowest BCUT2D eigenvalue weighted by Crippen LogP contribution is -2.34. The number of nitrogens with one attached hydrogen (secondary N) is 1. The minimum Gasteiger partial charge on any atom is -0.386 e. The first kappa shape index (κ1) is 14.8. The van der Waals surface area contributed by atoms with E-state index in [-0.39, 0.29) is 5.03 Å². The van der Waals surface area contributed by atoms with Crippen LogP contribution in [0.25, 0.3) is 0 Å². The highest BCUT2D eigenvalue weighted by Gasteiger charge is 2.41. The van der Waals surface area contributed by atoms with Crippen molar-refractivity contribution in [2.45, 2.75) is 30.7 Å². The second kappa shape index (κ2) is 5.57. The van der Waals surface area contributed by atoms with Gasteiger partial charge in [0.1, 0.15) is 0 Å². The van der Waals surface area contributed by atoms with E-state index in [1.54, 1.807) is 26.2 Å². The van der Waals surface area contributed by atoms with Crippen molar-refractivity contribution in [2.75, 3.05) is 26.0 Å². The zero-order chi connectivity index (χ0) is 15.0. The van der Waals surface area contributed by atoms with Crippen LogP contribution in [-0.4, -0.2) is 38.3 Å². The fraction of sp³-hybridized carbons (Fsp3) is 0.667. The number of nitrogens with zero attached hydrogens (tertiary/aromatic N) is 2. The molecule has 0 aliphatic heterocycles. The Morgan fingerprint density at radius 3 is 2.81 bits per heavy atom. The zero-order valence-corrected chi connectivity index (χ0v) is 13.4. The minimum atomic E-state index is -3.53. The van der Waals surface area contributed by atoms with E-state index in [4.69, 9.17) is 0 Å². The van der Waals surface area contributed by atoms with Crippen LogP contribution >= 0.6 is 0 Å². The van der Waals surface area contributed by atoms with Crippen molar-refractivity contribution < 1.29 is 8.42 Å². The molecule has 6 heteroatoms. The molecule has 2 fully saturated rings. The van der Waals surface area contributed by atoms with Crippen LogP contribution in [0.3, 0.4) is 0 Å². The molecule has 1 N–H and O–H groups in total. The molecule has 1 heterocycles. The Bertz CT molecular complexity index is 617. The van der Waals surface area contributed by atoms with Gasteiger partial charge in [-0.25, -0.2) is 13.4 Å². The fourth-order valence-corrected chi connectivity index (χ4v) is 5.29. The number of sulfonamides is 1. The van der Waals surface area contributed by atoms with Gasteiger partial charge in [0.25, 0.3) is 10.0 Å². The molecule has 21 heavy (non-hydrogen) atoms. The molecule has 3 unspecified atom stereocenters. The topological polar surface area (TPSA) is 62.3 Å². The van der Waals surface area contributed by atoms with E-state index >= 15 is 0 Å². The van der Waals surface area contributed by atoms with Gasteiger partial charge < -0.3 is 5.32 Å². The van der Waals surface area contributed by atoms with Gasteiger partial charge in [-0.05, 0) is 49.1 Å². The van der Waals surface area contributed by atoms with Crippen molar-refractivity contribution in [3.8, 4) is 0 Å². The standard InChI is InChI=1S/C15H23N3O2S/c1-16-14-4-3-7-17-15(14)21(19,20)18(2)10-13-9-11-5-6-12(13)8-11/h3-4,7,11-13,16H,5-6,8-10H2,1-2H3. The van der Waals surface area contributed by atoms with Gasteiger partial charge >= 0.3 is 0 Å². The summed E-state index contributed by atoms with van der Waals surface area (Å²) in [6, 6.07) is 3.48. The molecule has 116 valence electrons. The predicted octanol–water partition coefficient (Wildman–Crippen LogP) is 2.18. The summed E-state index contributed by atoms with van der Waals surface area (Å²) in [5.74, 6) is 2.07. The largest absolute Gasteiger partial charge is 0.386 e. The maximum Gasteiger partial charge on any atom is 0.262 e. The van der Waals surface area contributed by atoms with Crippen LogP contribution in [0.5, 0.6) is 0 Å². The summed E-state index contributed by atoms with van der Waals surface area (Å²) in [4.78, 5) is 4.07. The van der Waals surface area contributed by atoms with Crippen LogP contribution in [0.4, 0.5) is 5.69 Å². The van der Waals surface area contributed by atoms with Crippen LogP contribution in [0.15, 0.2) is 23.4 Å². The third-order valence-corrected chi connectivity index (χ3v) is 6.86. The minimum absolute atomic E-state index is 0.123. The van der Waals surface area contributed by atoms with E-state index in [0.717, 1.165) is 11.8 Å². The summed E-state index contributed by atoms with van der Waals surface area (Å²) in [7, 11) is -0.136. The molecule has 1 aromatic rings. The molecule has 3 rings (SSSR count). The number of hydrogen-bond acceptors (Lipinski definition) is 4. The van der Waals surface area contributed by atoms with Crippen molar-refractivity contribution in [1.82, 2.24) is 9.29 Å². The van der Waals surface area contributed by atoms with Gasteiger partial charge in [-0.1, -0.05) is 6.42 Å². The average molecular weight is 309 g/mol. The second-order valence-electron chi connectivity index (χ2n) is 6.33. The first-order chi connectivity index (χ1) is 10.0. The summed E-state index contributed by atoms with van der Waals surface area (Å²) >= 11 is 0. The summed E-state index contributed by atoms with van der Waals surface area (Å²) in [5, 5.41) is 3.03. The lowest BCUT2D eigenvalue weighted by Gasteiger charge is -2.26. The van der Waals surface area contributed by atoms with Crippen molar-refractivity contribution in [3.05, 3.63) is 18.3 Å². The highest BCUT2D eigenvalue weighted by Crippen LogP contribution is 2.48. The number of hydrogen-bond donors (Lipinski definition) is 1. The maximum atomic E-state index is 12.7. The Hall–Kier alpha value is -1.14. The Morgan fingerprint density at radius 1 is 1.38 bits per heavy atom. The summed E-state index contributed by atoms with van der Waals surface area (Å²) in [5.41, 5.74) is 0.553. The van der Waals surface area contributed by atoms with Gasteiger partial charge in [0.15, 0.2) is 5.03 Å². The van der Waals surface area contributed by atoms with E-state index in [1.165, 1.54) is 36.2 Å². The SMILES string of the molecule is CNc1cccnc1S(=O)(=O)N(C)CC1CC2CCC1C2. The van der Waals surface area contributed by atoms with Gasteiger partial charge in [0.05, 0.1) is 5.69 Å². The monoisotopic (exact) mass is 309 g/mol. The summed E-state index contributed by atoms with van der Waals surface area (Å²) in [6.07, 6.45) is 6.62. The third-order valence-electron chi connectivity index (χ3n) is 5.07. The van der Waals surface area contributed by atoms with Crippen LogP contribution in [0.2, 0.25) is 0 Å². The molecule has 0 amide bonds. The quantitative estimate of drug-likeness (QED) is 0.905. The molecule has 0 radical (unpaired) electrons. The van der Waals surface area contributed by atoms with Crippen LogP contribution in [0.1, 0.15) is 25.7 Å². The molecular formula is C15H23N3O2S. The smallest absolute Gasteiger partial charge is 0.262 e. The van der Waals surface area contributed by atoms with Crippen molar-refractivity contribution in [2.24, 2.45) is 17.8 Å². The molecule has 2 bridgehead atoms. The van der Waals surface area contributed by atoms with E-state index in [1.807, 2.05) is 0 Å². The number of pyridine rings is 1. The number of anilines is 1.